The third-order valence-corrected chi connectivity index (χ3v) is 4.15. The van der Waals surface area contributed by atoms with Crippen molar-refractivity contribution in [3.05, 3.63) is 83.0 Å². The molecular weight excluding hydrogens is 334 g/mol. The summed E-state index contributed by atoms with van der Waals surface area (Å²) in [5.74, 6) is -0.0175. The van der Waals surface area contributed by atoms with Crippen LogP contribution in [0.25, 0.3) is 11.1 Å². The number of primary amides is 1. The van der Waals surface area contributed by atoms with E-state index in [2.05, 4.69) is 22.4 Å². The topological polar surface area (TPSA) is 68.0 Å². The number of carbonyl (C=O) groups excluding carboxylic acids is 1. The highest BCUT2D eigenvalue weighted by Gasteiger charge is 2.16. The summed E-state index contributed by atoms with van der Waals surface area (Å²) in [7, 11) is 0. The molecule has 0 saturated heterocycles. The lowest BCUT2D eigenvalue weighted by molar-refractivity contribution is 0.100. The summed E-state index contributed by atoms with van der Waals surface area (Å²) in [6.07, 6.45) is 2.49. The quantitative estimate of drug-likeness (QED) is 0.700. The van der Waals surface area contributed by atoms with Crippen molar-refractivity contribution in [3.63, 3.8) is 0 Å². The van der Waals surface area contributed by atoms with Gasteiger partial charge in [0.25, 0.3) is 5.91 Å². The molecule has 0 spiro atoms. The van der Waals surface area contributed by atoms with E-state index in [1.807, 2.05) is 30.3 Å². The van der Waals surface area contributed by atoms with Crippen LogP contribution in [-0.4, -0.2) is 17.4 Å². The lowest BCUT2D eigenvalue weighted by atomic mass is 10.0. The third-order valence-electron chi connectivity index (χ3n) is 3.90. The maximum atomic E-state index is 12.0. The molecular formula is C20H18ClN3O. The Hall–Kier alpha value is -2.85. The number of nitrogens with two attached hydrogens (primary N) is 1. The molecule has 3 aromatic rings. The monoisotopic (exact) mass is 351 g/mol. The van der Waals surface area contributed by atoms with E-state index in [1.54, 1.807) is 24.4 Å². The molecule has 0 saturated carbocycles. The van der Waals surface area contributed by atoms with E-state index in [0.29, 0.717) is 22.9 Å². The molecule has 0 atom stereocenters. The lowest BCUT2D eigenvalue weighted by Gasteiger charge is -2.13. The van der Waals surface area contributed by atoms with E-state index >= 15 is 0 Å². The molecule has 0 aliphatic carbocycles. The SMILES string of the molecule is NC(=O)c1c(-c2ccc(Cl)cc2)ccnc1NCCc1ccccc1. The number of aromatic nitrogens is 1. The number of carbonyl (C=O) groups is 1. The highest BCUT2D eigenvalue weighted by Crippen LogP contribution is 2.28. The van der Waals surface area contributed by atoms with Crippen LogP contribution < -0.4 is 11.1 Å². The fourth-order valence-corrected chi connectivity index (χ4v) is 2.81. The minimum absolute atomic E-state index is 0.387. The van der Waals surface area contributed by atoms with Crippen molar-refractivity contribution in [3.8, 4) is 11.1 Å². The van der Waals surface area contributed by atoms with E-state index in [-0.39, 0.29) is 0 Å². The Labute approximate surface area is 151 Å². The van der Waals surface area contributed by atoms with Crippen LogP contribution in [0.1, 0.15) is 15.9 Å². The zero-order chi connectivity index (χ0) is 17.6. The van der Waals surface area contributed by atoms with E-state index in [9.17, 15) is 4.79 Å². The normalized spacial score (nSPS) is 10.4. The maximum Gasteiger partial charge on any atom is 0.253 e. The fourth-order valence-electron chi connectivity index (χ4n) is 2.69. The number of nitrogens with one attached hydrogen (secondary N) is 1. The van der Waals surface area contributed by atoms with Crippen LogP contribution in [-0.2, 0) is 6.42 Å². The van der Waals surface area contributed by atoms with Crippen LogP contribution in [0.2, 0.25) is 5.02 Å². The molecule has 0 unspecified atom stereocenters. The Morgan fingerprint density at radius 1 is 1.04 bits per heavy atom. The first-order valence-electron chi connectivity index (χ1n) is 7.97. The molecule has 1 heterocycles. The van der Waals surface area contributed by atoms with Gasteiger partial charge in [0.05, 0.1) is 5.56 Å². The van der Waals surface area contributed by atoms with Gasteiger partial charge in [-0.1, -0.05) is 54.1 Å². The van der Waals surface area contributed by atoms with Gasteiger partial charge in [-0.05, 0) is 41.3 Å². The summed E-state index contributed by atoms with van der Waals surface area (Å²) >= 11 is 5.94. The average Bonchev–Trinajstić information content (AvgIpc) is 2.63. The van der Waals surface area contributed by atoms with E-state index in [0.717, 1.165) is 17.5 Å². The van der Waals surface area contributed by atoms with Crippen LogP contribution >= 0.6 is 11.6 Å². The standard InChI is InChI=1S/C20H18ClN3O/c21-16-8-6-15(7-9-16)17-11-13-24-20(18(17)19(22)25)23-12-10-14-4-2-1-3-5-14/h1-9,11,13H,10,12H2,(H2,22,25)(H,23,24). The molecule has 3 N–H and O–H groups in total. The lowest BCUT2D eigenvalue weighted by Crippen LogP contribution is -2.18. The molecule has 126 valence electrons. The predicted molar refractivity (Wildman–Crippen MR) is 102 cm³/mol. The maximum absolute atomic E-state index is 12.0. The summed E-state index contributed by atoms with van der Waals surface area (Å²) in [5.41, 5.74) is 8.82. The van der Waals surface area contributed by atoms with E-state index in [4.69, 9.17) is 17.3 Å². The number of anilines is 1. The third kappa shape index (κ3) is 4.17. The van der Waals surface area contributed by atoms with Crippen LogP contribution in [0.5, 0.6) is 0 Å². The first-order valence-corrected chi connectivity index (χ1v) is 8.35. The molecule has 2 aromatic carbocycles. The predicted octanol–water partition coefficient (Wildman–Crippen LogP) is 4.16. The first-order chi connectivity index (χ1) is 12.1. The van der Waals surface area contributed by atoms with Crippen molar-refractivity contribution in [2.24, 2.45) is 5.73 Å². The summed E-state index contributed by atoms with van der Waals surface area (Å²) in [4.78, 5) is 16.3. The van der Waals surface area contributed by atoms with Crippen LogP contribution in [0.4, 0.5) is 5.82 Å². The Morgan fingerprint density at radius 3 is 2.44 bits per heavy atom. The largest absolute Gasteiger partial charge is 0.369 e. The minimum Gasteiger partial charge on any atom is -0.369 e. The highest BCUT2D eigenvalue weighted by atomic mass is 35.5. The first kappa shape index (κ1) is 17.0. The van der Waals surface area contributed by atoms with Crippen LogP contribution in [0.15, 0.2) is 66.9 Å². The van der Waals surface area contributed by atoms with Crippen LogP contribution in [0.3, 0.4) is 0 Å². The summed E-state index contributed by atoms with van der Waals surface area (Å²) in [6, 6.07) is 19.2. The molecule has 0 aliphatic rings. The summed E-state index contributed by atoms with van der Waals surface area (Å²) in [6.45, 7) is 0.654. The highest BCUT2D eigenvalue weighted by molar-refractivity contribution is 6.30. The number of hydrogen-bond donors (Lipinski definition) is 2. The summed E-state index contributed by atoms with van der Waals surface area (Å²) < 4.78 is 0. The Morgan fingerprint density at radius 2 is 1.76 bits per heavy atom. The van der Waals surface area contributed by atoms with E-state index in [1.165, 1.54) is 5.56 Å². The Kier molecular flexibility index (Phi) is 5.31. The molecule has 5 heteroatoms. The second kappa shape index (κ2) is 7.81. The molecule has 0 fully saturated rings. The Balaban J connectivity index is 1.85. The van der Waals surface area contributed by atoms with Gasteiger partial charge in [-0.3, -0.25) is 4.79 Å². The van der Waals surface area contributed by atoms with Crippen LogP contribution in [0, 0.1) is 0 Å². The number of amides is 1. The van der Waals surface area contributed by atoms with Gasteiger partial charge in [-0.25, -0.2) is 4.98 Å². The molecule has 0 aliphatic heterocycles. The number of nitrogens with zero attached hydrogens (tertiary/aromatic N) is 1. The minimum atomic E-state index is -0.514. The molecule has 25 heavy (non-hydrogen) atoms. The molecule has 4 nitrogen and oxygen atoms in total. The summed E-state index contributed by atoms with van der Waals surface area (Å²) in [5, 5.41) is 3.87. The van der Waals surface area contributed by atoms with Gasteiger partial charge >= 0.3 is 0 Å². The van der Waals surface area contributed by atoms with Crippen molar-refractivity contribution in [1.29, 1.82) is 0 Å². The molecule has 3 rings (SSSR count). The average molecular weight is 352 g/mol. The van der Waals surface area contributed by atoms with Gasteiger partial charge in [-0.15, -0.1) is 0 Å². The molecule has 0 radical (unpaired) electrons. The van der Waals surface area contributed by atoms with Crippen molar-refractivity contribution in [2.45, 2.75) is 6.42 Å². The zero-order valence-electron chi connectivity index (χ0n) is 13.6. The fraction of sp³-hybridized carbons (Fsp3) is 0.100. The van der Waals surface area contributed by atoms with Gasteiger partial charge in [-0.2, -0.15) is 0 Å². The molecule has 1 amide bonds. The van der Waals surface area contributed by atoms with E-state index < -0.39 is 5.91 Å². The second-order valence-electron chi connectivity index (χ2n) is 5.62. The number of pyridine rings is 1. The smallest absolute Gasteiger partial charge is 0.253 e. The Bertz CT molecular complexity index is 864. The van der Waals surface area contributed by atoms with Gasteiger partial charge in [0.2, 0.25) is 0 Å². The van der Waals surface area contributed by atoms with Gasteiger partial charge in [0.1, 0.15) is 5.82 Å². The van der Waals surface area contributed by atoms with Crippen molar-refractivity contribution in [2.75, 3.05) is 11.9 Å². The van der Waals surface area contributed by atoms with Gasteiger partial charge < -0.3 is 11.1 Å². The van der Waals surface area contributed by atoms with Gasteiger partial charge in [0.15, 0.2) is 0 Å². The molecule has 1 aromatic heterocycles. The number of rotatable bonds is 6. The number of benzene rings is 2. The van der Waals surface area contributed by atoms with Crippen molar-refractivity contribution in [1.82, 2.24) is 4.98 Å². The van der Waals surface area contributed by atoms with Crippen molar-refractivity contribution >= 4 is 23.3 Å². The number of hydrogen-bond acceptors (Lipinski definition) is 3. The number of halogens is 1. The van der Waals surface area contributed by atoms with Gasteiger partial charge in [0, 0.05) is 17.8 Å². The zero-order valence-corrected chi connectivity index (χ0v) is 14.3. The van der Waals surface area contributed by atoms with Crippen molar-refractivity contribution < 1.29 is 4.79 Å². The second-order valence-corrected chi connectivity index (χ2v) is 6.05. The molecule has 0 bridgehead atoms.